The van der Waals surface area contributed by atoms with E-state index in [1.165, 1.54) is 12.8 Å². The second-order valence-corrected chi connectivity index (χ2v) is 5.38. The molecule has 0 aromatic heterocycles. The van der Waals surface area contributed by atoms with Gasteiger partial charge in [0.1, 0.15) is 0 Å². The molecule has 0 radical (unpaired) electrons. The molecule has 0 rings (SSSR count). The van der Waals surface area contributed by atoms with E-state index in [0.717, 1.165) is 38.5 Å². The quantitative estimate of drug-likeness (QED) is 0.222. The number of rotatable bonds is 14. The third-order valence-electron chi connectivity index (χ3n) is 3.22. The predicted molar refractivity (Wildman–Crippen MR) is 105 cm³/mol. The summed E-state index contributed by atoms with van der Waals surface area (Å²) in [7, 11) is 0. The number of allylic oxidation sites excluding steroid dienone is 12. The molecule has 1 N–H and O–H groups in total. The van der Waals surface area contributed by atoms with Gasteiger partial charge in [-0.2, -0.15) is 0 Å². The van der Waals surface area contributed by atoms with Crippen LogP contribution in [0.5, 0.6) is 0 Å². The standard InChI is InChI=1S/C22H34O/c1-2-3-4-5-6-7-8-9-10-11-12-13-14-15-16-17-18-19-20-21-22-23/h3-4,6-7,9-16,23H,2,5,8,17-22H2,1H3/b4-3+,7-6+,10-9+,12-11+,14-13+,16-15+. The minimum absolute atomic E-state index is 0.325. The Labute approximate surface area is 143 Å². The Bertz CT molecular complexity index is 394. The molecule has 0 atom stereocenters. The van der Waals surface area contributed by atoms with E-state index in [-0.39, 0.29) is 0 Å². The summed E-state index contributed by atoms with van der Waals surface area (Å²) in [6.07, 6.45) is 34.4. The van der Waals surface area contributed by atoms with Crippen molar-refractivity contribution in [3.63, 3.8) is 0 Å². The molecule has 0 amide bonds. The van der Waals surface area contributed by atoms with E-state index < -0.39 is 0 Å². The molecular formula is C22H34O. The second-order valence-electron chi connectivity index (χ2n) is 5.38. The molecule has 1 heteroatoms. The fourth-order valence-electron chi connectivity index (χ4n) is 1.93. The van der Waals surface area contributed by atoms with Crippen molar-refractivity contribution < 1.29 is 5.11 Å². The summed E-state index contributed by atoms with van der Waals surface area (Å²) in [5, 5.41) is 8.67. The molecule has 0 aliphatic carbocycles. The van der Waals surface area contributed by atoms with Gasteiger partial charge in [0.25, 0.3) is 0 Å². The van der Waals surface area contributed by atoms with Gasteiger partial charge in [0.15, 0.2) is 0 Å². The Morgan fingerprint density at radius 2 is 1.13 bits per heavy atom. The number of aliphatic hydroxyl groups is 1. The summed E-state index contributed by atoms with van der Waals surface area (Å²) >= 11 is 0. The highest BCUT2D eigenvalue weighted by Gasteiger charge is 1.85. The van der Waals surface area contributed by atoms with Crippen LogP contribution < -0.4 is 0 Å². The van der Waals surface area contributed by atoms with Gasteiger partial charge in [-0.05, 0) is 38.5 Å². The van der Waals surface area contributed by atoms with Crippen molar-refractivity contribution >= 4 is 0 Å². The van der Waals surface area contributed by atoms with Crippen LogP contribution in [0.3, 0.4) is 0 Å². The number of aliphatic hydroxyl groups excluding tert-OH is 1. The van der Waals surface area contributed by atoms with Crippen LogP contribution in [0.25, 0.3) is 0 Å². The summed E-state index contributed by atoms with van der Waals surface area (Å²) in [6, 6.07) is 0. The maximum Gasteiger partial charge on any atom is 0.0431 e. The molecule has 0 aliphatic heterocycles. The van der Waals surface area contributed by atoms with E-state index in [9.17, 15) is 0 Å². The molecule has 0 spiro atoms. The fraction of sp³-hybridized carbons (Fsp3) is 0.455. The molecule has 0 aromatic carbocycles. The highest BCUT2D eigenvalue weighted by molar-refractivity contribution is 5.15. The Balaban J connectivity index is 3.53. The molecule has 128 valence electrons. The zero-order chi connectivity index (χ0) is 16.8. The third kappa shape index (κ3) is 20.4. The van der Waals surface area contributed by atoms with Gasteiger partial charge < -0.3 is 5.11 Å². The lowest BCUT2D eigenvalue weighted by Crippen LogP contribution is -1.82. The van der Waals surface area contributed by atoms with E-state index in [1.807, 2.05) is 0 Å². The first-order chi connectivity index (χ1) is 11.4. The van der Waals surface area contributed by atoms with Crippen molar-refractivity contribution in [2.75, 3.05) is 6.61 Å². The zero-order valence-electron chi connectivity index (χ0n) is 14.7. The molecule has 0 unspecified atom stereocenters. The number of unbranched alkanes of at least 4 members (excludes halogenated alkanes) is 4. The minimum atomic E-state index is 0.325. The summed E-state index contributed by atoms with van der Waals surface area (Å²) in [5.41, 5.74) is 0. The van der Waals surface area contributed by atoms with Crippen LogP contribution in [0.15, 0.2) is 72.9 Å². The summed E-state index contributed by atoms with van der Waals surface area (Å²) in [4.78, 5) is 0. The highest BCUT2D eigenvalue weighted by Crippen LogP contribution is 2.03. The van der Waals surface area contributed by atoms with E-state index >= 15 is 0 Å². The summed E-state index contributed by atoms with van der Waals surface area (Å²) < 4.78 is 0. The van der Waals surface area contributed by atoms with Crippen LogP contribution in [0, 0.1) is 0 Å². The van der Waals surface area contributed by atoms with E-state index in [0.29, 0.717) is 6.61 Å². The van der Waals surface area contributed by atoms with Crippen LogP contribution in [0.1, 0.15) is 58.3 Å². The Morgan fingerprint density at radius 1 is 0.565 bits per heavy atom. The molecular weight excluding hydrogens is 280 g/mol. The van der Waals surface area contributed by atoms with Crippen molar-refractivity contribution in [3.05, 3.63) is 72.9 Å². The molecule has 23 heavy (non-hydrogen) atoms. The van der Waals surface area contributed by atoms with Crippen molar-refractivity contribution in [3.8, 4) is 0 Å². The Morgan fingerprint density at radius 3 is 1.83 bits per heavy atom. The smallest absolute Gasteiger partial charge is 0.0431 e. The number of hydrogen-bond acceptors (Lipinski definition) is 1. The van der Waals surface area contributed by atoms with Gasteiger partial charge in [-0.3, -0.25) is 0 Å². The molecule has 0 saturated heterocycles. The van der Waals surface area contributed by atoms with Crippen LogP contribution in [-0.2, 0) is 0 Å². The van der Waals surface area contributed by atoms with Crippen molar-refractivity contribution in [1.82, 2.24) is 0 Å². The zero-order valence-corrected chi connectivity index (χ0v) is 14.7. The largest absolute Gasteiger partial charge is 0.396 e. The van der Waals surface area contributed by atoms with Gasteiger partial charge in [0.2, 0.25) is 0 Å². The lowest BCUT2D eigenvalue weighted by molar-refractivity contribution is 0.282. The minimum Gasteiger partial charge on any atom is -0.396 e. The van der Waals surface area contributed by atoms with Crippen molar-refractivity contribution in [1.29, 1.82) is 0 Å². The summed E-state index contributed by atoms with van der Waals surface area (Å²) in [6.45, 7) is 2.48. The molecule has 0 bridgehead atoms. The van der Waals surface area contributed by atoms with Crippen LogP contribution in [0.2, 0.25) is 0 Å². The van der Waals surface area contributed by atoms with Gasteiger partial charge >= 0.3 is 0 Å². The average molecular weight is 315 g/mol. The predicted octanol–water partition coefficient (Wildman–Crippen LogP) is 6.46. The summed E-state index contributed by atoms with van der Waals surface area (Å²) in [5.74, 6) is 0. The first-order valence-electron chi connectivity index (χ1n) is 8.97. The van der Waals surface area contributed by atoms with Crippen molar-refractivity contribution in [2.24, 2.45) is 0 Å². The molecule has 0 fully saturated rings. The van der Waals surface area contributed by atoms with Gasteiger partial charge in [0, 0.05) is 6.61 Å². The lowest BCUT2D eigenvalue weighted by atomic mass is 10.1. The van der Waals surface area contributed by atoms with Crippen LogP contribution >= 0.6 is 0 Å². The number of hydrogen-bond donors (Lipinski definition) is 1. The fourth-order valence-corrected chi connectivity index (χ4v) is 1.93. The Kier molecular flexibility index (Phi) is 19.0. The van der Waals surface area contributed by atoms with Gasteiger partial charge in [-0.25, -0.2) is 0 Å². The molecule has 0 saturated carbocycles. The first kappa shape index (κ1) is 21.4. The maximum atomic E-state index is 8.67. The monoisotopic (exact) mass is 314 g/mol. The van der Waals surface area contributed by atoms with Crippen LogP contribution in [-0.4, -0.2) is 11.7 Å². The molecule has 1 nitrogen and oxygen atoms in total. The van der Waals surface area contributed by atoms with Gasteiger partial charge in [-0.1, -0.05) is 92.7 Å². The van der Waals surface area contributed by atoms with E-state index in [4.69, 9.17) is 5.11 Å². The van der Waals surface area contributed by atoms with Crippen molar-refractivity contribution in [2.45, 2.75) is 58.3 Å². The van der Waals surface area contributed by atoms with Gasteiger partial charge in [-0.15, -0.1) is 0 Å². The lowest BCUT2D eigenvalue weighted by Gasteiger charge is -1.94. The molecule has 0 heterocycles. The van der Waals surface area contributed by atoms with Gasteiger partial charge in [0.05, 0.1) is 0 Å². The van der Waals surface area contributed by atoms with Crippen LogP contribution in [0.4, 0.5) is 0 Å². The normalized spacial score (nSPS) is 13.3. The SMILES string of the molecule is CC/C=C/C/C=C/C/C=C/C=C/C=C/C=C/CCCCCCO. The molecule has 0 aromatic rings. The second kappa shape index (κ2) is 20.4. The topological polar surface area (TPSA) is 20.2 Å². The van der Waals surface area contributed by atoms with E-state index in [1.54, 1.807) is 0 Å². The first-order valence-corrected chi connectivity index (χ1v) is 8.97. The Hall–Kier alpha value is -1.60. The van der Waals surface area contributed by atoms with E-state index in [2.05, 4.69) is 79.8 Å². The average Bonchev–Trinajstić information content (AvgIpc) is 2.57. The maximum absolute atomic E-state index is 8.67. The third-order valence-corrected chi connectivity index (χ3v) is 3.22. The highest BCUT2D eigenvalue weighted by atomic mass is 16.2. The molecule has 0 aliphatic rings.